The number of rotatable bonds is 4. The van der Waals surface area contributed by atoms with Gasteiger partial charge >= 0.3 is 0 Å². The lowest BCUT2D eigenvalue weighted by Gasteiger charge is -2.11. The minimum absolute atomic E-state index is 0.426. The lowest BCUT2D eigenvalue weighted by Crippen LogP contribution is -1.89. The number of nitriles is 1. The molecule has 128 valence electrons. The number of ether oxygens (including phenoxy) is 1. The molecule has 0 unspecified atom stereocenters. The summed E-state index contributed by atoms with van der Waals surface area (Å²) in [6.07, 6.45) is 1.81. The van der Waals surface area contributed by atoms with E-state index in [4.69, 9.17) is 27.9 Å². The van der Waals surface area contributed by atoms with Gasteiger partial charge in [-0.2, -0.15) is 5.26 Å². The molecular weight excluding hydrogens is 365 g/mol. The van der Waals surface area contributed by atoms with Crippen LogP contribution in [0.15, 0.2) is 66.7 Å². The minimum Gasteiger partial charge on any atom is -0.455 e. The predicted octanol–water partition coefficient (Wildman–Crippen LogP) is 7.16. The van der Waals surface area contributed by atoms with Crippen LogP contribution >= 0.6 is 23.2 Å². The summed E-state index contributed by atoms with van der Waals surface area (Å²) in [6, 6.07) is 22.6. The standard InChI is InChI=1S/C22H15Cl2NO/c1-15-6-8-16(9-7-15)18(14-25)12-17-4-2-3-5-21(17)26-22-11-10-19(23)13-20(22)24/h2-13H,1H3/b18-12+. The summed E-state index contributed by atoms with van der Waals surface area (Å²) >= 11 is 12.1. The molecule has 0 amide bonds. The van der Waals surface area contributed by atoms with Crippen molar-refractivity contribution in [1.82, 2.24) is 0 Å². The van der Waals surface area contributed by atoms with E-state index in [0.717, 1.165) is 16.7 Å². The maximum absolute atomic E-state index is 9.57. The predicted molar refractivity (Wildman–Crippen MR) is 108 cm³/mol. The minimum atomic E-state index is 0.426. The van der Waals surface area contributed by atoms with Gasteiger partial charge in [-0.05, 0) is 42.8 Å². The van der Waals surface area contributed by atoms with Crippen molar-refractivity contribution in [3.63, 3.8) is 0 Å². The highest BCUT2D eigenvalue weighted by Gasteiger charge is 2.09. The van der Waals surface area contributed by atoms with Crippen molar-refractivity contribution in [2.75, 3.05) is 0 Å². The third kappa shape index (κ3) is 4.26. The van der Waals surface area contributed by atoms with Crippen molar-refractivity contribution in [2.45, 2.75) is 6.92 Å². The average molecular weight is 380 g/mol. The zero-order chi connectivity index (χ0) is 18.5. The Balaban J connectivity index is 1.98. The first-order valence-electron chi connectivity index (χ1n) is 7.97. The molecule has 0 atom stereocenters. The Kier molecular flexibility index (Phi) is 5.63. The first-order chi connectivity index (χ1) is 12.6. The molecule has 0 bridgehead atoms. The fourth-order valence-corrected chi connectivity index (χ4v) is 2.89. The van der Waals surface area contributed by atoms with Crippen LogP contribution < -0.4 is 4.74 Å². The Labute approximate surface area is 162 Å². The molecule has 26 heavy (non-hydrogen) atoms. The maximum atomic E-state index is 9.57. The van der Waals surface area contributed by atoms with Gasteiger partial charge in [0.15, 0.2) is 0 Å². The molecule has 2 nitrogen and oxygen atoms in total. The summed E-state index contributed by atoms with van der Waals surface area (Å²) in [5.74, 6) is 1.11. The van der Waals surface area contributed by atoms with Crippen molar-refractivity contribution in [1.29, 1.82) is 5.26 Å². The lowest BCUT2D eigenvalue weighted by atomic mass is 10.0. The molecule has 0 radical (unpaired) electrons. The van der Waals surface area contributed by atoms with Crippen molar-refractivity contribution in [2.24, 2.45) is 0 Å². The van der Waals surface area contributed by atoms with Crippen LogP contribution in [0, 0.1) is 18.3 Å². The Morgan fingerprint density at radius 3 is 2.38 bits per heavy atom. The monoisotopic (exact) mass is 379 g/mol. The molecule has 3 aromatic carbocycles. The Morgan fingerprint density at radius 1 is 0.962 bits per heavy atom. The van der Waals surface area contributed by atoms with E-state index in [2.05, 4.69) is 6.07 Å². The number of halogens is 2. The van der Waals surface area contributed by atoms with E-state index in [9.17, 15) is 5.26 Å². The summed E-state index contributed by atoms with van der Waals surface area (Å²) in [7, 11) is 0. The number of hydrogen-bond acceptors (Lipinski definition) is 2. The topological polar surface area (TPSA) is 33.0 Å². The molecule has 0 aliphatic rings. The summed E-state index contributed by atoms with van der Waals surface area (Å²) in [5, 5.41) is 10.5. The van der Waals surface area contributed by atoms with Gasteiger partial charge < -0.3 is 4.74 Å². The molecule has 0 aliphatic carbocycles. The second kappa shape index (κ2) is 8.10. The largest absolute Gasteiger partial charge is 0.455 e. The highest BCUT2D eigenvalue weighted by molar-refractivity contribution is 6.35. The molecule has 0 fully saturated rings. The first-order valence-corrected chi connectivity index (χ1v) is 8.73. The van der Waals surface area contributed by atoms with Crippen molar-refractivity contribution in [3.8, 4) is 17.6 Å². The molecule has 0 aromatic heterocycles. The number of aryl methyl sites for hydroxylation is 1. The van der Waals surface area contributed by atoms with Crippen LogP contribution in [0.5, 0.6) is 11.5 Å². The van der Waals surface area contributed by atoms with Crippen LogP contribution in [0.4, 0.5) is 0 Å². The molecule has 0 saturated heterocycles. The summed E-state index contributed by atoms with van der Waals surface area (Å²) in [5.41, 5.74) is 3.35. The van der Waals surface area contributed by atoms with Crippen LogP contribution in [0.2, 0.25) is 10.0 Å². The number of para-hydroxylation sites is 1. The van der Waals surface area contributed by atoms with E-state index < -0.39 is 0 Å². The maximum Gasteiger partial charge on any atom is 0.146 e. The summed E-state index contributed by atoms with van der Waals surface area (Å²) < 4.78 is 5.95. The molecule has 0 spiro atoms. The normalized spacial score (nSPS) is 11.1. The van der Waals surface area contributed by atoms with Crippen LogP contribution in [-0.2, 0) is 0 Å². The quantitative estimate of drug-likeness (QED) is 0.355. The Bertz CT molecular complexity index is 1000. The van der Waals surface area contributed by atoms with Gasteiger partial charge in [-0.1, -0.05) is 71.2 Å². The van der Waals surface area contributed by atoms with E-state index in [1.165, 1.54) is 0 Å². The fraction of sp³-hybridized carbons (Fsp3) is 0.0455. The highest BCUT2D eigenvalue weighted by atomic mass is 35.5. The van der Waals surface area contributed by atoms with Crippen LogP contribution in [0.1, 0.15) is 16.7 Å². The van der Waals surface area contributed by atoms with Crippen LogP contribution in [0.25, 0.3) is 11.6 Å². The third-order valence-corrected chi connectivity index (χ3v) is 4.35. The van der Waals surface area contributed by atoms with E-state index in [-0.39, 0.29) is 0 Å². The van der Waals surface area contributed by atoms with Crippen molar-refractivity contribution < 1.29 is 4.74 Å². The SMILES string of the molecule is Cc1ccc(/C(C#N)=C/c2ccccc2Oc2ccc(Cl)cc2Cl)cc1. The third-order valence-electron chi connectivity index (χ3n) is 3.82. The molecular formula is C22H15Cl2NO. The Morgan fingerprint density at radius 2 is 1.69 bits per heavy atom. The van der Waals surface area contributed by atoms with Crippen LogP contribution in [0.3, 0.4) is 0 Å². The number of benzene rings is 3. The first kappa shape index (κ1) is 18.1. The Hall–Kier alpha value is -2.73. The van der Waals surface area contributed by atoms with E-state index in [1.807, 2.05) is 61.5 Å². The summed E-state index contributed by atoms with van der Waals surface area (Å²) in [4.78, 5) is 0. The molecule has 3 rings (SSSR count). The second-order valence-electron chi connectivity index (χ2n) is 5.75. The highest BCUT2D eigenvalue weighted by Crippen LogP contribution is 2.34. The van der Waals surface area contributed by atoms with Gasteiger partial charge in [0.25, 0.3) is 0 Å². The molecule has 3 aromatic rings. The fourth-order valence-electron chi connectivity index (χ4n) is 2.44. The molecule has 0 aliphatic heterocycles. The molecule has 4 heteroatoms. The zero-order valence-corrected chi connectivity index (χ0v) is 15.6. The van der Waals surface area contributed by atoms with E-state index >= 15 is 0 Å². The summed E-state index contributed by atoms with van der Waals surface area (Å²) in [6.45, 7) is 2.01. The second-order valence-corrected chi connectivity index (χ2v) is 6.59. The van der Waals surface area contributed by atoms with E-state index in [0.29, 0.717) is 27.1 Å². The number of hydrogen-bond donors (Lipinski definition) is 0. The smallest absolute Gasteiger partial charge is 0.146 e. The molecule has 0 N–H and O–H groups in total. The van der Waals surface area contributed by atoms with Crippen LogP contribution in [-0.4, -0.2) is 0 Å². The van der Waals surface area contributed by atoms with Crippen molar-refractivity contribution >= 4 is 34.9 Å². The average Bonchev–Trinajstić information content (AvgIpc) is 2.64. The number of allylic oxidation sites excluding steroid dienone is 1. The van der Waals surface area contributed by atoms with Gasteiger partial charge in [-0.15, -0.1) is 0 Å². The van der Waals surface area contributed by atoms with Gasteiger partial charge in [0.05, 0.1) is 16.7 Å². The molecule has 0 saturated carbocycles. The van der Waals surface area contributed by atoms with E-state index in [1.54, 1.807) is 18.2 Å². The lowest BCUT2D eigenvalue weighted by molar-refractivity contribution is 0.482. The van der Waals surface area contributed by atoms with Gasteiger partial charge in [0, 0.05) is 10.6 Å². The van der Waals surface area contributed by atoms with Gasteiger partial charge in [0.2, 0.25) is 0 Å². The van der Waals surface area contributed by atoms with Gasteiger partial charge in [-0.3, -0.25) is 0 Å². The number of nitrogens with zero attached hydrogens (tertiary/aromatic N) is 1. The van der Waals surface area contributed by atoms with Gasteiger partial charge in [-0.25, -0.2) is 0 Å². The zero-order valence-electron chi connectivity index (χ0n) is 14.0. The van der Waals surface area contributed by atoms with Crippen molar-refractivity contribution in [3.05, 3.63) is 93.5 Å². The van der Waals surface area contributed by atoms with Gasteiger partial charge in [0.1, 0.15) is 11.5 Å². The molecule has 0 heterocycles.